The minimum Gasteiger partial charge on any atom is -0.546 e. The van der Waals surface area contributed by atoms with Crippen molar-refractivity contribution in [1.82, 2.24) is 0 Å². The minimum atomic E-state index is -1.65. The standard InChI is InChI=1S/C12H24O3Si/c1-6-14-12(13)10-11(5)15-16(7-2,8-3)9-4/h10H,6-9H2,1-5H3/b11-10-. The number of esters is 1. The summed E-state index contributed by atoms with van der Waals surface area (Å²) in [6.07, 6.45) is 1.45. The van der Waals surface area contributed by atoms with Gasteiger partial charge in [0.1, 0.15) is 0 Å². The molecule has 0 spiro atoms. The number of allylic oxidation sites excluding steroid dienone is 1. The monoisotopic (exact) mass is 244 g/mol. The average Bonchev–Trinajstić information content (AvgIpc) is 2.26. The normalized spacial score (nSPS) is 12.4. The predicted octanol–water partition coefficient (Wildman–Crippen LogP) is 3.48. The van der Waals surface area contributed by atoms with Gasteiger partial charge in [0.15, 0.2) is 0 Å². The van der Waals surface area contributed by atoms with Gasteiger partial charge in [-0.2, -0.15) is 0 Å². The highest BCUT2D eigenvalue weighted by Gasteiger charge is 2.30. The quantitative estimate of drug-likeness (QED) is 0.298. The first-order chi connectivity index (χ1) is 7.53. The van der Waals surface area contributed by atoms with Crippen LogP contribution in [0.1, 0.15) is 34.6 Å². The van der Waals surface area contributed by atoms with E-state index in [-0.39, 0.29) is 5.97 Å². The summed E-state index contributed by atoms with van der Waals surface area (Å²) in [5, 5.41) is 0. The number of ether oxygens (including phenoxy) is 1. The van der Waals surface area contributed by atoms with E-state index < -0.39 is 8.32 Å². The van der Waals surface area contributed by atoms with Crippen molar-refractivity contribution >= 4 is 14.3 Å². The van der Waals surface area contributed by atoms with Gasteiger partial charge in [0.25, 0.3) is 0 Å². The smallest absolute Gasteiger partial charge is 0.334 e. The van der Waals surface area contributed by atoms with Gasteiger partial charge in [-0.1, -0.05) is 20.8 Å². The van der Waals surface area contributed by atoms with Gasteiger partial charge in [-0.25, -0.2) is 4.79 Å². The van der Waals surface area contributed by atoms with Crippen molar-refractivity contribution in [2.24, 2.45) is 0 Å². The van der Waals surface area contributed by atoms with E-state index in [9.17, 15) is 4.79 Å². The van der Waals surface area contributed by atoms with E-state index in [0.29, 0.717) is 12.4 Å². The first-order valence-electron chi connectivity index (χ1n) is 6.07. The van der Waals surface area contributed by atoms with Crippen LogP contribution in [0, 0.1) is 0 Å². The van der Waals surface area contributed by atoms with E-state index >= 15 is 0 Å². The molecule has 0 aromatic carbocycles. The van der Waals surface area contributed by atoms with E-state index in [0.717, 1.165) is 18.1 Å². The lowest BCUT2D eigenvalue weighted by atomic mass is 10.5. The fraction of sp³-hybridized carbons (Fsp3) is 0.750. The van der Waals surface area contributed by atoms with Crippen LogP contribution in [0.2, 0.25) is 18.1 Å². The first kappa shape index (κ1) is 15.2. The maximum Gasteiger partial charge on any atom is 0.334 e. The SMILES string of the molecule is CCOC(=O)/C=C(/C)O[Si](CC)(CC)CC. The molecule has 4 heteroatoms. The molecule has 0 aromatic rings. The number of hydrogen-bond acceptors (Lipinski definition) is 3. The van der Waals surface area contributed by atoms with E-state index in [1.54, 1.807) is 6.92 Å². The summed E-state index contributed by atoms with van der Waals surface area (Å²) in [6, 6.07) is 3.23. The second kappa shape index (κ2) is 7.49. The van der Waals surface area contributed by atoms with Gasteiger partial charge in [0, 0.05) is 0 Å². The molecule has 0 rings (SSSR count). The van der Waals surface area contributed by atoms with Crippen LogP contribution in [0.5, 0.6) is 0 Å². The van der Waals surface area contributed by atoms with Gasteiger partial charge < -0.3 is 9.16 Å². The van der Waals surface area contributed by atoms with E-state index in [1.807, 2.05) is 6.92 Å². The molecule has 16 heavy (non-hydrogen) atoms. The molecular formula is C12H24O3Si. The van der Waals surface area contributed by atoms with Crippen molar-refractivity contribution in [3.8, 4) is 0 Å². The topological polar surface area (TPSA) is 35.5 Å². The molecule has 0 aromatic heterocycles. The molecule has 0 fully saturated rings. The predicted molar refractivity (Wildman–Crippen MR) is 68.7 cm³/mol. The largest absolute Gasteiger partial charge is 0.546 e. The third-order valence-electron chi connectivity index (χ3n) is 2.92. The Kier molecular flexibility index (Phi) is 7.13. The summed E-state index contributed by atoms with van der Waals surface area (Å²) < 4.78 is 10.8. The first-order valence-corrected chi connectivity index (χ1v) is 8.60. The maximum atomic E-state index is 11.2. The van der Waals surface area contributed by atoms with Crippen LogP contribution in [0.25, 0.3) is 0 Å². The summed E-state index contributed by atoms with van der Waals surface area (Å²) in [5.74, 6) is 0.377. The minimum absolute atomic E-state index is 0.314. The fourth-order valence-electron chi connectivity index (χ4n) is 1.69. The molecule has 0 atom stereocenters. The van der Waals surface area contributed by atoms with E-state index in [2.05, 4.69) is 20.8 Å². The number of carbonyl (C=O) groups is 1. The van der Waals surface area contributed by atoms with Crippen LogP contribution in [-0.2, 0) is 14.0 Å². The number of rotatable bonds is 7. The summed E-state index contributed by atoms with van der Waals surface area (Å²) in [6.45, 7) is 10.5. The van der Waals surface area contributed by atoms with Crippen LogP contribution in [0.3, 0.4) is 0 Å². The summed E-state index contributed by atoms with van der Waals surface area (Å²) >= 11 is 0. The lowest BCUT2D eigenvalue weighted by Gasteiger charge is -2.29. The molecule has 0 bridgehead atoms. The highest BCUT2D eigenvalue weighted by atomic mass is 28.4. The van der Waals surface area contributed by atoms with Gasteiger partial charge in [0.05, 0.1) is 18.4 Å². The molecule has 0 aliphatic carbocycles. The highest BCUT2D eigenvalue weighted by molar-refractivity contribution is 6.73. The Morgan fingerprint density at radius 1 is 1.12 bits per heavy atom. The van der Waals surface area contributed by atoms with Gasteiger partial charge in [-0.05, 0) is 32.0 Å². The Labute approximate surface area is 100.0 Å². The lowest BCUT2D eigenvalue weighted by molar-refractivity contribution is -0.137. The summed E-state index contributed by atoms with van der Waals surface area (Å²) in [4.78, 5) is 11.2. The van der Waals surface area contributed by atoms with Crippen LogP contribution >= 0.6 is 0 Å². The zero-order chi connectivity index (χ0) is 12.6. The zero-order valence-corrected chi connectivity index (χ0v) is 12.1. The van der Waals surface area contributed by atoms with Gasteiger partial charge in [-0.3, -0.25) is 0 Å². The molecule has 94 valence electrons. The zero-order valence-electron chi connectivity index (χ0n) is 11.1. The van der Waals surface area contributed by atoms with Crippen LogP contribution in [-0.4, -0.2) is 20.9 Å². The third-order valence-corrected chi connectivity index (χ3v) is 7.54. The van der Waals surface area contributed by atoms with Crippen molar-refractivity contribution in [2.75, 3.05) is 6.61 Å². The second-order valence-corrected chi connectivity index (χ2v) is 8.54. The van der Waals surface area contributed by atoms with E-state index in [1.165, 1.54) is 6.08 Å². The summed E-state index contributed by atoms with van der Waals surface area (Å²) in [5.41, 5.74) is 0. The Morgan fingerprint density at radius 3 is 2.00 bits per heavy atom. The van der Waals surface area contributed by atoms with Crippen molar-refractivity contribution in [3.05, 3.63) is 11.8 Å². The van der Waals surface area contributed by atoms with Crippen LogP contribution in [0.4, 0.5) is 0 Å². The van der Waals surface area contributed by atoms with E-state index in [4.69, 9.17) is 9.16 Å². The maximum absolute atomic E-state index is 11.2. The molecule has 0 amide bonds. The molecule has 0 aliphatic rings. The second-order valence-electron chi connectivity index (χ2n) is 3.85. The molecule has 0 aliphatic heterocycles. The van der Waals surface area contributed by atoms with Crippen LogP contribution < -0.4 is 0 Å². The Morgan fingerprint density at radius 2 is 1.62 bits per heavy atom. The molecule has 0 heterocycles. The Bertz CT molecular complexity index is 236. The molecule has 0 unspecified atom stereocenters. The third kappa shape index (κ3) is 4.83. The average molecular weight is 244 g/mol. The molecule has 0 saturated heterocycles. The van der Waals surface area contributed by atoms with Gasteiger partial charge >= 0.3 is 5.97 Å². The Hall–Kier alpha value is -0.773. The van der Waals surface area contributed by atoms with Crippen LogP contribution in [0.15, 0.2) is 11.8 Å². The van der Waals surface area contributed by atoms with Gasteiger partial charge in [0.2, 0.25) is 8.32 Å². The van der Waals surface area contributed by atoms with Crippen molar-refractivity contribution in [3.63, 3.8) is 0 Å². The lowest BCUT2D eigenvalue weighted by Crippen LogP contribution is -2.35. The van der Waals surface area contributed by atoms with Gasteiger partial charge in [-0.15, -0.1) is 0 Å². The molecular weight excluding hydrogens is 220 g/mol. The molecule has 0 radical (unpaired) electrons. The van der Waals surface area contributed by atoms with Crippen molar-refractivity contribution in [2.45, 2.75) is 52.8 Å². The van der Waals surface area contributed by atoms with Crippen molar-refractivity contribution in [1.29, 1.82) is 0 Å². The molecule has 0 saturated carbocycles. The number of hydrogen-bond donors (Lipinski definition) is 0. The fourth-order valence-corrected chi connectivity index (χ4v) is 4.36. The highest BCUT2D eigenvalue weighted by Crippen LogP contribution is 2.24. The summed E-state index contributed by atoms with van der Waals surface area (Å²) in [7, 11) is -1.65. The molecule has 0 N–H and O–H groups in total. The Balaban J connectivity index is 4.50. The molecule has 3 nitrogen and oxygen atoms in total. The number of carbonyl (C=O) groups excluding carboxylic acids is 1. The van der Waals surface area contributed by atoms with Crippen molar-refractivity contribution < 1.29 is 14.0 Å².